The minimum absolute atomic E-state index is 0.0175. The first-order chi connectivity index (χ1) is 11.9. The summed E-state index contributed by atoms with van der Waals surface area (Å²) in [6.45, 7) is 4.94. The zero-order valence-corrected chi connectivity index (χ0v) is 14.7. The molecule has 0 aromatic heterocycles. The molecule has 1 saturated heterocycles. The summed E-state index contributed by atoms with van der Waals surface area (Å²) in [5.74, 6) is -0.127. The average Bonchev–Trinajstić information content (AvgIpc) is 3.03. The third kappa shape index (κ3) is 4.95. The fourth-order valence-electron chi connectivity index (χ4n) is 2.87. The van der Waals surface area contributed by atoms with Crippen molar-refractivity contribution in [3.8, 4) is 0 Å². The standard InChI is InChI=1S/C18H26N4O3/c1-3-12(2)16(21-18(19)25)17(24)20-11-13-6-8-14(9-7-13)22-10-4-5-15(22)23/h6-9,12,16H,3-5,10-11H2,1-2H3,(H,20,24)(H3,19,21,25)/t12-,16-/m0/s1. The normalized spacial score (nSPS) is 16.4. The zero-order chi connectivity index (χ0) is 18.4. The van der Waals surface area contributed by atoms with E-state index >= 15 is 0 Å². The fraction of sp³-hybridized carbons (Fsp3) is 0.500. The first kappa shape index (κ1) is 18.8. The van der Waals surface area contributed by atoms with Gasteiger partial charge in [0, 0.05) is 25.2 Å². The molecule has 2 rings (SSSR count). The van der Waals surface area contributed by atoms with Gasteiger partial charge in [-0.1, -0.05) is 32.4 Å². The second-order valence-corrected chi connectivity index (χ2v) is 6.40. The van der Waals surface area contributed by atoms with Crippen molar-refractivity contribution >= 4 is 23.5 Å². The van der Waals surface area contributed by atoms with Gasteiger partial charge in [-0.3, -0.25) is 9.59 Å². The summed E-state index contributed by atoms with van der Waals surface area (Å²) in [5.41, 5.74) is 6.96. The maximum Gasteiger partial charge on any atom is 0.312 e. The Hall–Kier alpha value is -2.57. The van der Waals surface area contributed by atoms with Gasteiger partial charge in [0.25, 0.3) is 0 Å². The van der Waals surface area contributed by atoms with E-state index < -0.39 is 12.1 Å². The predicted molar refractivity (Wildman–Crippen MR) is 95.8 cm³/mol. The number of amides is 4. The Morgan fingerprint density at radius 1 is 1.28 bits per heavy atom. The second-order valence-electron chi connectivity index (χ2n) is 6.40. The monoisotopic (exact) mass is 346 g/mol. The van der Waals surface area contributed by atoms with E-state index in [2.05, 4.69) is 10.6 Å². The lowest BCUT2D eigenvalue weighted by Crippen LogP contribution is -2.51. The summed E-state index contributed by atoms with van der Waals surface area (Å²) in [6.07, 6.45) is 2.24. The van der Waals surface area contributed by atoms with Gasteiger partial charge < -0.3 is 21.3 Å². The number of carbonyl (C=O) groups is 3. The van der Waals surface area contributed by atoms with Crippen LogP contribution in [0.3, 0.4) is 0 Å². The largest absolute Gasteiger partial charge is 0.352 e. The van der Waals surface area contributed by atoms with Crippen molar-refractivity contribution in [1.29, 1.82) is 0 Å². The predicted octanol–water partition coefficient (Wildman–Crippen LogP) is 1.51. The van der Waals surface area contributed by atoms with Crippen molar-refractivity contribution in [1.82, 2.24) is 10.6 Å². The van der Waals surface area contributed by atoms with Gasteiger partial charge in [0.1, 0.15) is 6.04 Å². The Morgan fingerprint density at radius 2 is 1.96 bits per heavy atom. The summed E-state index contributed by atoms with van der Waals surface area (Å²) in [6, 6.07) is 6.20. The molecule has 0 spiro atoms. The van der Waals surface area contributed by atoms with Gasteiger partial charge in [0.05, 0.1) is 0 Å². The molecule has 7 heteroatoms. The Morgan fingerprint density at radius 3 is 2.48 bits per heavy atom. The minimum Gasteiger partial charge on any atom is -0.352 e. The Kier molecular flexibility index (Phi) is 6.38. The second kappa shape index (κ2) is 8.50. The maximum absolute atomic E-state index is 12.3. The molecule has 4 amide bonds. The topological polar surface area (TPSA) is 105 Å². The number of carbonyl (C=O) groups excluding carboxylic acids is 3. The van der Waals surface area contributed by atoms with Crippen LogP contribution in [0.5, 0.6) is 0 Å². The smallest absolute Gasteiger partial charge is 0.312 e. The van der Waals surface area contributed by atoms with Crippen molar-refractivity contribution in [2.45, 2.75) is 45.7 Å². The van der Waals surface area contributed by atoms with Gasteiger partial charge >= 0.3 is 6.03 Å². The first-order valence-corrected chi connectivity index (χ1v) is 8.65. The van der Waals surface area contributed by atoms with Gasteiger partial charge in [0.2, 0.25) is 11.8 Å². The number of primary amides is 1. The third-order valence-electron chi connectivity index (χ3n) is 4.58. The number of nitrogens with two attached hydrogens (primary N) is 1. The maximum atomic E-state index is 12.3. The van der Waals surface area contributed by atoms with Crippen molar-refractivity contribution in [2.75, 3.05) is 11.4 Å². The van der Waals surface area contributed by atoms with E-state index in [0.29, 0.717) is 13.0 Å². The zero-order valence-electron chi connectivity index (χ0n) is 14.7. The summed E-state index contributed by atoms with van der Waals surface area (Å²) >= 11 is 0. The number of hydrogen-bond donors (Lipinski definition) is 3. The van der Waals surface area contributed by atoms with Gasteiger partial charge in [-0.15, -0.1) is 0 Å². The average molecular weight is 346 g/mol. The molecule has 136 valence electrons. The van der Waals surface area contributed by atoms with E-state index in [1.54, 1.807) is 4.90 Å². The molecule has 25 heavy (non-hydrogen) atoms. The summed E-state index contributed by atoms with van der Waals surface area (Å²) in [5, 5.41) is 5.33. The Bertz CT molecular complexity index is 630. The SMILES string of the molecule is CC[C@H](C)[C@H](NC(N)=O)C(=O)NCc1ccc(N2CCCC2=O)cc1. The minimum atomic E-state index is -0.708. The van der Waals surface area contributed by atoms with Gasteiger partial charge in [-0.25, -0.2) is 4.79 Å². The van der Waals surface area contributed by atoms with Crippen LogP contribution in [0.1, 0.15) is 38.7 Å². The van der Waals surface area contributed by atoms with E-state index in [-0.39, 0.29) is 17.7 Å². The first-order valence-electron chi connectivity index (χ1n) is 8.65. The molecule has 1 fully saturated rings. The van der Waals surface area contributed by atoms with Crippen LogP contribution in [0.2, 0.25) is 0 Å². The molecule has 4 N–H and O–H groups in total. The van der Waals surface area contributed by atoms with Crippen molar-refractivity contribution < 1.29 is 14.4 Å². The number of anilines is 1. The van der Waals surface area contributed by atoms with Gasteiger partial charge in [-0.05, 0) is 30.0 Å². The van der Waals surface area contributed by atoms with E-state index in [1.165, 1.54) is 0 Å². The number of nitrogens with one attached hydrogen (secondary N) is 2. The highest BCUT2D eigenvalue weighted by atomic mass is 16.2. The Labute approximate surface area is 147 Å². The molecule has 7 nitrogen and oxygen atoms in total. The van der Waals surface area contributed by atoms with Crippen LogP contribution in [0.4, 0.5) is 10.5 Å². The quantitative estimate of drug-likeness (QED) is 0.697. The lowest BCUT2D eigenvalue weighted by atomic mass is 9.98. The Balaban J connectivity index is 1.94. The molecule has 0 radical (unpaired) electrons. The van der Waals surface area contributed by atoms with E-state index in [1.807, 2.05) is 38.1 Å². The van der Waals surface area contributed by atoms with Crippen molar-refractivity contribution in [3.05, 3.63) is 29.8 Å². The molecule has 1 aliphatic heterocycles. The van der Waals surface area contributed by atoms with Crippen LogP contribution in [-0.4, -0.2) is 30.4 Å². The molecule has 0 saturated carbocycles. The number of rotatable bonds is 7. The summed E-state index contributed by atoms with van der Waals surface area (Å²) in [4.78, 5) is 37.0. The number of urea groups is 1. The van der Waals surface area contributed by atoms with Crippen LogP contribution >= 0.6 is 0 Å². The highest BCUT2D eigenvalue weighted by Crippen LogP contribution is 2.21. The van der Waals surface area contributed by atoms with Crippen LogP contribution in [0.15, 0.2) is 24.3 Å². The lowest BCUT2D eigenvalue weighted by Gasteiger charge is -2.22. The summed E-state index contributed by atoms with van der Waals surface area (Å²) < 4.78 is 0. The van der Waals surface area contributed by atoms with Crippen molar-refractivity contribution in [3.63, 3.8) is 0 Å². The number of hydrogen-bond acceptors (Lipinski definition) is 3. The van der Waals surface area contributed by atoms with Crippen molar-refractivity contribution in [2.24, 2.45) is 11.7 Å². The molecule has 0 bridgehead atoms. The molecular formula is C18H26N4O3. The van der Waals surface area contributed by atoms with Crippen LogP contribution in [0, 0.1) is 5.92 Å². The molecule has 0 unspecified atom stereocenters. The highest BCUT2D eigenvalue weighted by Gasteiger charge is 2.25. The molecule has 1 heterocycles. The molecule has 1 aromatic rings. The van der Waals surface area contributed by atoms with E-state index in [0.717, 1.165) is 30.6 Å². The van der Waals surface area contributed by atoms with E-state index in [9.17, 15) is 14.4 Å². The van der Waals surface area contributed by atoms with Gasteiger partial charge in [-0.2, -0.15) is 0 Å². The summed E-state index contributed by atoms with van der Waals surface area (Å²) in [7, 11) is 0. The number of nitrogens with zero attached hydrogens (tertiary/aromatic N) is 1. The van der Waals surface area contributed by atoms with E-state index in [4.69, 9.17) is 5.73 Å². The molecule has 1 aromatic carbocycles. The molecule has 0 aliphatic carbocycles. The molecular weight excluding hydrogens is 320 g/mol. The number of benzene rings is 1. The van der Waals surface area contributed by atoms with Gasteiger partial charge in [0.15, 0.2) is 0 Å². The third-order valence-corrected chi connectivity index (χ3v) is 4.58. The van der Waals surface area contributed by atoms with Crippen LogP contribution < -0.4 is 21.3 Å². The molecule has 1 aliphatic rings. The highest BCUT2D eigenvalue weighted by molar-refractivity contribution is 5.95. The molecule has 2 atom stereocenters. The fourth-order valence-corrected chi connectivity index (χ4v) is 2.87. The lowest BCUT2D eigenvalue weighted by molar-refractivity contribution is -0.124. The van der Waals surface area contributed by atoms with Crippen LogP contribution in [-0.2, 0) is 16.1 Å². The van der Waals surface area contributed by atoms with Crippen LogP contribution in [0.25, 0.3) is 0 Å².